The Balaban J connectivity index is 1.68. The third-order valence-electron chi connectivity index (χ3n) is 5.56. The number of sulfone groups is 1. The third kappa shape index (κ3) is 3.21. The number of para-hydroxylation sites is 1. The van der Waals surface area contributed by atoms with E-state index in [4.69, 9.17) is 9.47 Å². The SMILES string of the molecule is COc1ccc(C(C)NC(=O)C2=C3CCCN3c3ccccc3S2(=O)=O)cc1OC. The van der Waals surface area contributed by atoms with E-state index in [1.165, 1.54) is 7.11 Å². The van der Waals surface area contributed by atoms with Gasteiger partial charge in [0, 0.05) is 12.2 Å². The molecular formula is C22H24N2O5S. The van der Waals surface area contributed by atoms with Crippen LogP contribution in [-0.4, -0.2) is 35.1 Å². The van der Waals surface area contributed by atoms with Crippen molar-refractivity contribution in [3.8, 4) is 11.5 Å². The molecule has 0 aliphatic carbocycles. The van der Waals surface area contributed by atoms with Crippen molar-refractivity contribution in [2.24, 2.45) is 0 Å². The largest absolute Gasteiger partial charge is 0.493 e. The van der Waals surface area contributed by atoms with Crippen molar-refractivity contribution in [3.63, 3.8) is 0 Å². The highest BCUT2D eigenvalue weighted by Crippen LogP contribution is 2.43. The van der Waals surface area contributed by atoms with Gasteiger partial charge in [-0.05, 0) is 49.6 Å². The van der Waals surface area contributed by atoms with Gasteiger partial charge in [0.25, 0.3) is 5.91 Å². The maximum atomic E-state index is 13.3. The van der Waals surface area contributed by atoms with Gasteiger partial charge in [-0.3, -0.25) is 4.79 Å². The first-order valence-corrected chi connectivity index (χ1v) is 11.2. The summed E-state index contributed by atoms with van der Waals surface area (Å²) in [6.45, 7) is 2.50. The fourth-order valence-corrected chi connectivity index (χ4v) is 5.83. The smallest absolute Gasteiger partial charge is 0.265 e. The quantitative estimate of drug-likeness (QED) is 0.787. The summed E-state index contributed by atoms with van der Waals surface area (Å²) in [6, 6.07) is 11.8. The minimum atomic E-state index is -3.91. The number of nitrogens with one attached hydrogen (secondary N) is 1. The second kappa shape index (κ2) is 7.68. The van der Waals surface area contributed by atoms with Crippen LogP contribution in [0.15, 0.2) is 58.0 Å². The van der Waals surface area contributed by atoms with Crippen LogP contribution in [0.4, 0.5) is 5.69 Å². The number of hydrogen-bond donors (Lipinski definition) is 1. The second-order valence-corrected chi connectivity index (χ2v) is 9.17. The second-order valence-electron chi connectivity index (χ2n) is 7.31. The molecule has 8 heteroatoms. The zero-order chi connectivity index (χ0) is 21.5. The van der Waals surface area contributed by atoms with Crippen LogP contribution in [0.2, 0.25) is 0 Å². The number of hydrogen-bond acceptors (Lipinski definition) is 6. The van der Waals surface area contributed by atoms with Crippen LogP contribution in [0.25, 0.3) is 0 Å². The average Bonchev–Trinajstić information content (AvgIpc) is 3.22. The molecule has 1 unspecified atom stereocenters. The summed E-state index contributed by atoms with van der Waals surface area (Å²) in [4.78, 5) is 15.2. The summed E-state index contributed by atoms with van der Waals surface area (Å²) in [5.41, 5.74) is 2.00. The summed E-state index contributed by atoms with van der Waals surface area (Å²) >= 11 is 0. The van der Waals surface area contributed by atoms with Gasteiger partial charge in [-0.1, -0.05) is 18.2 Å². The van der Waals surface area contributed by atoms with Crippen LogP contribution in [0.3, 0.4) is 0 Å². The van der Waals surface area contributed by atoms with Gasteiger partial charge in [-0.2, -0.15) is 0 Å². The van der Waals surface area contributed by atoms with E-state index >= 15 is 0 Å². The first-order chi connectivity index (χ1) is 14.4. The van der Waals surface area contributed by atoms with E-state index in [0.29, 0.717) is 35.8 Å². The number of carbonyl (C=O) groups excluding carboxylic acids is 1. The minimum absolute atomic E-state index is 0.147. The molecule has 1 atom stereocenters. The van der Waals surface area contributed by atoms with Crippen LogP contribution in [0, 0.1) is 0 Å². The highest BCUT2D eigenvalue weighted by Gasteiger charge is 2.41. The molecule has 1 amide bonds. The number of methoxy groups -OCH3 is 2. The van der Waals surface area contributed by atoms with Gasteiger partial charge in [-0.15, -0.1) is 0 Å². The fraction of sp³-hybridized carbons (Fsp3) is 0.318. The Kier molecular flexibility index (Phi) is 5.19. The van der Waals surface area contributed by atoms with E-state index < -0.39 is 21.8 Å². The predicted octanol–water partition coefficient (Wildman–Crippen LogP) is 3.18. The van der Waals surface area contributed by atoms with Crippen LogP contribution >= 0.6 is 0 Å². The Morgan fingerprint density at radius 1 is 1.10 bits per heavy atom. The number of benzene rings is 2. The fourth-order valence-electron chi connectivity index (χ4n) is 4.07. The molecule has 0 aromatic heterocycles. The lowest BCUT2D eigenvalue weighted by molar-refractivity contribution is -0.117. The number of ether oxygens (including phenoxy) is 2. The number of amides is 1. The maximum Gasteiger partial charge on any atom is 0.265 e. The monoisotopic (exact) mass is 428 g/mol. The molecule has 0 spiro atoms. The highest BCUT2D eigenvalue weighted by molar-refractivity contribution is 7.96. The normalized spacial score (nSPS) is 17.8. The van der Waals surface area contributed by atoms with Gasteiger partial charge < -0.3 is 19.7 Å². The van der Waals surface area contributed by atoms with Gasteiger partial charge >= 0.3 is 0 Å². The first-order valence-electron chi connectivity index (χ1n) is 9.76. The lowest BCUT2D eigenvalue weighted by Crippen LogP contribution is -2.36. The van der Waals surface area contributed by atoms with Crippen molar-refractivity contribution in [3.05, 3.63) is 58.6 Å². The molecule has 158 valence electrons. The van der Waals surface area contributed by atoms with Crippen molar-refractivity contribution in [2.45, 2.75) is 30.7 Å². The molecule has 2 aliphatic heterocycles. The molecule has 1 N–H and O–H groups in total. The van der Waals surface area contributed by atoms with E-state index in [9.17, 15) is 13.2 Å². The van der Waals surface area contributed by atoms with Gasteiger partial charge in [-0.25, -0.2) is 8.42 Å². The number of fused-ring (bicyclic) bond motifs is 3. The zero-order valence-corrected chi connectivity index (χ0v) is 18.0. The molecule has 2 aromatic rings. The van der Waals surface area contributed by atoms with Crippen LogP contribution in [0.5, 0.6) is 11.5 Å². The third-order valence-corrected chi connectivity index (χ3v) is 7.44. The van der Waals surface area contributed by atoms with Gasteiger partial charge in [0.1, 0.15) is 0 Å². The van der Waals surface area contributed by atoms with Gasteiger partial charge in [0.05, 0.1) is 30.8 Å². The number of carbonyl (C=O) groups is 1. The standard InChI is InChI=1S/C22H24N2O5S/c1-14(15-10-11-18(28-2)19(13-15)29-3)23-22(25)21-17-8-6-12-24(17)16-7-4-5-9-20(16)30(21,26)27/h4-5,7,9-11,13-14H,6,8,12H2,1-3H3,(H,23,25). The number of rotatable bonds is 5. The molecule has 4 rings (SSSR count). The van der Waals surface area contributed by atoms with Crippen molar-refractivity contribution in [1.82, 2.24) is 5.32 Å². The molecule has 1 saturated heterocycles. The van der Waals surface area contributed by atoms with Crippen molar-refractivity contribution in [1.29, 1.82) is 0 Å². The highest BCUT2D eigenvalue weighted by atomic mass is 32.2. The molecule has 7 nitrogen and oxygen atoms in total. The van der Waals surface area contributed by atoms with Gasteiger partial charge in [0.15, 0.2) is 16.4 Å². The maximum absolute atomic E-state index is 13.3. The summed E-state index contributed by atoms with van der Waals surface area (Å²) in [7, 11) is -0.815. The minimum Gasteiger partial charge on any atom is -0.493 e. The molecule has 1 fully saturated rings. The van der Waals surface area contributed by atoms with Crippen molar-refractivity contribution in [2.75, 3.05) is 25.7 Å². The Hall–Kier alpha value is -3.00. The van der Waals surface area contributed by atoms with Crippen LogP contribution in [0.1, 0.15) is 31.4 Å². The first kappa shape index (κ1) is 20.3. The van der Waals surface area contributed by atoms with Gasteiger partial charge in [0.2, 0.25) is 9.84 Å². The summed E-state index contributed by atoms with van der Waals surface area (Å²) in [5.74, 6) is 0.533. The van der Waals surface area contributed by atoms with Crippen LogP contribution in [-0.2, 0) is 14.6 Å². The molecule has 0 bridgehead atoms. The van der Waals surface area contributed by atoms with Crippen LogP contribution < -0.4 is 19.7 Å². The molecule has 0 saturated carbocycles. The number of nitrogens with zero attached hydrogens (tertiary/aromatic N) is 1. The van der Waals surface area contributed by atoms with E-state index in [1.54, 1.807) is 44.4 Å². The summed E-state index contributed by atoms with van der Waals surface area (Å²) in [6.07, 6.45) is 1.36. The number of allylic oxidation sites excluding steroid dienone is 1. The summed E-state index contributed by atoms with van der Waals surface area (Å²) in [5, 5.41) is 2.85. The van der Waals surface area contributed by atoms with Crippen molar-refractivity contribution < 1.29 is 22.7 Å². The molecule has 2 aromatic carbocycles. The predicted molar refractivity (Wildman–Crippen MR) is 113 cm³/mol. The van der Waals surface area contributed by atoms with Crippen molar-refractivity contribution >= 4 is 21.4 Å². The molecule has 0 radical (unpaired) electrons. The lowest BCUT2D eigenvalue weighted by atomic mass is 10.1. The Morgan fingerprint density at radius 2 is 1.83 bits per heavy atom. The molecule has 30 heavy (non-hydrogen) atoms. The Morgan fingerprint density at radius 3 is 2.57 bits per heavy atom. The van der Waals surface area contributed by atoms with E-state index in [1.807, 2.05) is 17.0 Å². The summed E-state index contributed by atoms with van der Waals surface area (Å²) < 4.78 is 37.2. The molecule has 2 heterocycles. The van der Waals surface area contributed by atoms with E-state index in [-0.39, 0.29) is 9.80 Å². The van der Waals surface area contributed by atoms with E-state index in [0.717, 1.165) is 12.0 Å². The molecular weight excluding hydrogens is 404 g/mol. The number of anilines is 1. The van der Waals surface area contributed by atoms with E-state index in [2.05, 4.69) is 5.32 Å². The Labute approximate surface area is 176 Å². The lowest BCUT2D eigenvalue weighted by Gasteiger charge is -2.30. The topological polar surface area (TPSA) is 84.9 Å². The Bertz CT molecular complexity index is 1140. The molecule has 2 aliphatic rings. The zero-order valence-electron chi connectivity index (χ0n) is 17.1. The average molecular weight is 429 g/mol.